The van der Waals surface area contributed by atoms with E-state index in [4.69, 9.17) is 9.15 Å². The molecule has 1 N–H and O–H groups in total. The second-order valence-corrected chi connectivity index (χ2v) is 3.56. The Balaban J connectivity index is 1.93. The molecule has 2 heterocycles. The Morgan fingerprint density at radius 1 is 1.47 bits per heavy atom. The summed E-state index contributed by atoms with van der Waals surface area (Å²) in [6.07, 6.45) is 2.69. The number of hydrogen-bond donors (Lipinski definition) is 1. The maximum Gasteiger partial charge on any atom is 0.297 e. The molecule has 0 radical (unpaired) electrons. The standard InChI is InChI=1S/C10H17N3O2/c1-11-3-2-9-8-12-10(15-9)13-4-6-14-7-5-13/h8,11H,2-7H2,1H3. The van der Waals surface area contributed by atoms with Gasteiger partial charge in [0.1, 0.15) is 5.76 Å². The van der Waals surface area contributed by atoms with Crippen molar-refractivity contribution in [3.05, 3.63) is 12.0 Å². The van der Waals surface area contributed by atoms with Crippen LogP contribution in [-0.4, -0.2) is 44.9 Å². The number of aromatic nitrogens is 1. The predicted molar refractivity (Wildman–Crippen MR) is 57.2 cm³/mol. The Hall–Kier alpha value is -1.07. The van der Waals surface area contributed by atoms with Gasteiger partial charge in [0.25, 0.3) is 6.01 Å². The second kappa shape index (κ2) is 5.14. The molecule has 84 valence electrons. The van der Waals surface area contributed by atoms with Crippen molar-refractivity contribution in [2.45, 2.75) is 6.42 Å². The van der Waals surface area contributed by atoms with Crippen LogP contribution < -0.4 is 10.2 Å². The zero-order valence-corrected chi connectivity index (χ0v) is 9.03. The van der Waals surface area contributed by atoms with Crippen LogP contribution >= 0.6 is 0 Å². The second-order valence-electron chi connectivity index (χ2n) is 3.56. The topological polar surface area (TPSA) is 50.5 Å². The number of hydrogen-bond acceptors (Lipinski definition) is 5. The number of oxazole rings is 1. The molecular formula is C10H17N3O2. The highest BCUT2D eigenvalue weighted by molar-refractivity contribution is 5.26. The maximum atomic E-state index is 5.64. The van der Waals surface area contributed by atoms with Crippen molar-refractivity contribution in [3.63, 3.8) is 0 Å². The normalized spacial score (nSPS) is 17.0. The minimum atomic E-state index is 0.726. The molecule has 2 rings (SSSR count). The van der Waals surface area contributed by atoms with Crippen LogP contribution in [0.1, 0.15) is 5.76 Å². The van der Waals surface area contributed by atoms with Gasteiger partial charge < -0.3 is 19.4 Å². The maximum absolute atomic E-state index is 5.64. The largest absolute Gasteiger partial charge is 0.429 e. The van der Waals surface area contributed by atoms with Gasteiger partial charge in [-0.05, 0) is 7.05 Å². The fourth-order valence-corrected chi connectivity index (χ4v) is 1.56. The lowest BCUT2D eigenvalue weighted by atomic mass is 10.3. The third-order valence-electron chi connectivity index (χ3n) is 2.44. The number of likely N-dealkylation sites (N-methyl/N-ethyl adjacent to an activating group) is 1. The summed E-state index contributed by atoms with van der Waals surface area (Å²) < 4.78 is 10.9. The molecule has 1 aromatic heterocycles. The molecule has 0 unspecified atom stereocenters. The third kappa shape index (κ3) is 2.70. The summed E-state index contributed by atoms with van der Waals surface area (Å²) in [5.74, 6) is 0.936. The molecule has 1 fully saturated rings. The van der Waals surface area contributed by atoms with Crippen LogP contribution in [0.5, 0.6) is 0 Å². The Kier molecular flexibility index (Phi) is 3.58. The predicted octanol–water partition coefficient (Wildman–Crippen LogP) is 0.273. The molecule has 5 nitrogen and oxygen atoms in total. The molecule has 0 bridgehead atoms. The molecule has 1 saturated heterocycles. The van der Waals surface area contributed by atoms with E-state index >= 15 is 0 Å². The van der Waals surface area contributed by atoms with Gasteiger partial charge in [-0.1, -0.05) is 0 Å². The average molecular weight is 211 g/mol. The Morgan fingerprint density at radius 2 is 2.27 bits per heavy atom. The van der Waals surface area contributed by atoms with Gasteiger partial charge in [0.05, 0.1) is 19.4 Å². The number of nitrogens with zero attached hydrogens (tertiary/aromatic N) is 2. The Morgan fingerprint density at radius 3 is 3.00 bits per heavy atom. The smallest absolute Gasteiger partial charge is 0.297 e. The van der Waals surface area contributed by atoms with Gasteiger partial charge in [0, 0.05) is 26.1 Å². The van der Waals surface area contributed by atoms with E-state index in [1.165, 1.54) is 0 Å². The van der Waals surface area contributed by atoms with Crippen LogP contribution in [-0.2, 0) is 11.2 Å². The van der Waals surface area contributed by atoms with E-state index in [2.05, 4.69) is 15.2 Å². The van der Waals surface area contributed by atoms with Crippen LogP contribution in [0.2, 0.25) is 0 Å². The first-order valence-electron chi connectivity index (χ1n) is 5.32. The van der Waals surface area contributed by atoms with Crippen molar-refractivity contribution in [3.8, 4) is 0 Å². The third-order valence-corrected chi connectivity index (χ3v) is 2.44. The molecule has 0 amide bonds. The van der Waals surface area contributed by atoms with Gasteiger partial charge in [-0.2, -0.15) is 0 Å². The van der Waals surface area contributed by atoms with Crippen LogP contribution in [0.25, 0.3) is 0 Å². The molecule has 0 aliphatic carbocycles. The van der Waals surface area contributed by atoms with Crippen molar-refractivity contribution in [1.82, 2.24) is 10.3 Å². The number of nitrogens with one attached hydrogen (secondary N) is 1. The summed E-state index contributed by atoms with van der Waals surface area (Å²) in [6, 6.07) is 0.726. The van der Waals surface area contributed by atoms with Crippen molar-refractivity contribution in [2.24, 2.45) is 0 Å². The van der Waals surface area contributed by atoms with Gasteiger partial charge in [0.15, 0.2) is 0 Å². The molecule has 1 aromatic rings. The summed E-state index contributed by atoms with van der Waals surface area (Å²) in [4.78, 5) is 6.39. The molecule has 0 saturated carbocycles. The highest BCUT2D eigenvalue weighted by Crippen LogP contribution is 2.15. The van der Waals surface area contributed by atoms with Crippen molar-refractivity contribution < 1.29 is 9.15 Å². The van der Waals surface area contributed by atoms with Crippen LogP contribution in [0.15, 0.2) is 10.6 Å². The van der Waals surface area contributed by atoms with Gasteiger partial charge in [-0.3, -0.25) is 0 Å². The summed E-state index contributed by atoms with van der Waals surface area (Å²) in [5, 5.41) is 3.08. The zero-order valence-electron chi connectivity index (χ0n) is 9.03. The van der Waals surface area contributed by atoms with E-state index in [0.717, 1.165) is 51.0 Å². The van der Waals surface area contributed by atoms with Gasteiger partial charge in [-0.15, -0.1) is 0 Å². The van der Waals surface area contributed by atoms with E-state index in [1.807, 2.05) is 13.2 Å². The number of morpholine rings is 1. The lowest BCUT2D eigenvalue weighted by Crippen LogP contribution is -2.36. The summed E-state index contributed by atoms with van der Waals surface area (Å²) in [5.41, 5.74) is 0. The minimum Gasteiger partial charge on any atom is -0.429 e. The molecule has 1 aliphatic heterocycles. The fourth-order valence-electron chi connectivity index (χ4n) is 1.56. The van der Waals surface area contributed by atoms with Crippen LogP contribution in [0.3, 0.4) is 0 Å². The fraction of sp³-hybridized carbons (Fsp3) is 0.700. The number of anilines is 1. The summed E-state index contributed by atoms with van der Waals surface area (Å²) >= 11 is 0. The SMILES string of the molecule is CNCCc1cnc(N2CCOCC2)o1. The minimum absolute atomic E-state index is 0.726. The number of rotatable bonds is 4. The zero-order chi connectivity index (χ0) is 10.5. The monoisotopic (exact) mass is 211 g/mol. The molecular weight excluding hydrogens is 194 g/mol. The summed E-state index contributed by atoms with van der Waals surface area (Å²) in [7, 11) is 1.93. The van der Waals surface area contributed by atoms with Crippen molar-refractivity contribution in [2.75, 3.05) is 44.8 Å². The number of ether oxygens (including phenoxy) is 1. The highest BCUT2D eigenvalue weighted by atomic mass is 16.5. The molecule has 15 heavy (non-hydrogen) atoms. The van der Waals surface area contributed by atoms with Crippen LogP contribution in [0.4, 0.5) is 6.01 Å². The molecule has 5 heteroatoms. The lowest BCUT2D eigenvalue weighted by Gasteiger charge is -2.24. The molecule has 0 atom stereocenters. The molecule has 0 aromatic carbocycles. The van der Waals surface area contributed by atoms with Crippen LogP contribution in [0, 0.1) is 0 Å². The highest BCUT2D eigenvalue weighted by Gasteiger charge is 2.15. The quantitative estimate of drug-likeness (QED) is 0.775. The first-order chi connectivity index (χ1) is 7.40. The first-order valence-corrected chi connectivity index (χ1v) is 5.32. The lowest BCUT2D eigenvalue weighted by molar-refractivity contribution is 0.120. The first kappa shape index (κ1) is 10.4. The van der Waals surface area contributed by atoms with Gasteiger partial charge >= 0.3 is 0 Å². The van der Waals surface area contributed by atoms with Crippen molar-refractivity contribution >= 4 is 6.01 Å². The Bertz CT molecular complexity index is 295. The molecule has 0 spiro atoms. The van der Waals surface area contributed by atoms with Gasteiger partial charge in [-0.25, -0.2) is 4.98 Å². The van der Waals surface area contributed by atoms with E-state index in [9.17, 15) is 0 Å². The van der Waals surface area contributed by atoms with E-state index in [-0.39, 0.29) is 0 Å². The molecule has 1 aliphatic rings. The average Bonchev–Trinajstić information content (AvgIpc) is 2.76. The van der Waals surface area contributed by atoms with E-state index < -0.39 is 0 Å². The van der Waals surface area contributed by atoms with E-state index in [1.54, 1.807) is 0 Å². The Labute approximate surface area is 89.4 Å². The van der Waals surface area contributed by atoms with Gasteiger partial charge in [0.2, 0.25) is 0 Å². The summed E-state index contributed by atoms with van der Waals surface area (Å²) in [6.45, 7) is 4.16. The van der Waals surface area contributed by atoms with Crippen molar-refractivity contribution in [1.29, 1.82) is 0 Å². The van der Waals surface area contributed by atoms with E-state index in [0.29, 0.717) is 0 Å².